The molecular formula is C17H15F3N2O2S. The van der Waals surface area contributed by atoms with E-state index in [1.165, 1.54) is 24.8 Å². The normalized spacial score (nSPS) is 11.0. The minimum atomic E-state index is -4.66. The van der Waals surface area contributed by atoms with Crippen LogP contribution in [0.25, 0.3) is 0 Å². The van der Waals surface area contributed by atoms with Gasteiger partial charge in [-0.25, -0.2) is 0 Å². The molecule has 0 saturated carbocycles. The van der Waals surface area contributed by atoms with E-state index >= 15 is 0 Å². The highest BCUT2D eigenvalue weighted by Crippen LogP contribution is 2.36. The first-order chi connectivity index (χ1) is 11.8. The van der Waals surface area contributed by atoms with E-state index in [0.717, 1.165) is 17.0 Å². The number of hydrogen-bond acceptors (Lipinski definition) is 3. The first-order valence-corrected chi connectivity index (χ1v) is 8.21. The number of anilines is 2. The summed E-state index contributed by atoms with van der Waals surface area (Å²) < 4.78 is 39.6. The van der Waals surface area contributed by atoms with Gasteiger partial charge in [0.15, 0.2) is 0 Å². The standard InChI is InChI=1S/C17H15F3N2O2S/c1-11(23)21-12-7-8-15(14(9-12)17(18,19)20)22-16(24)10-25-13-5-3-2-4-6-13/h2-9H,10H2,1H3,(H,21,23)(H,22,24). The Hall–Kier alpha value is -2.48. The number of carbonyl (C=O) groups excluding carboxylic acids is 2. The van der Waals surface area contributed by atoms with Crippen molar-refractivity contribution in [3.63, 3.8) is 0 Å². The number of alkyl halides is 3. The third-order valence-electron chi connectivity index (χ3n) is 3.03. The lowest BCUT2D eigenvalue weighted by atomic mass is 10.1. The maximum atomic E-state index is 13.2. The summed E-state index contributed by atoms with van der Waals surface area (Å²) in [5, 5.41) is 4.56. The van der Waals surface area contributed by atoms with E-state index in [0.29, 0.717) is 0 Å². The number of amides is 2. The zero-order valence-electron chi connectivity index (χ0n) is 13.2. The van der Waals surface area contributed by atoms with Gasteiger partial charge >= 0.3 is 6.18 Å². The highest BCUT2D eigenvalue weighted by Gasteiger charge is 2.34. The molecule has 0 fully saturated rings. The molecule has 2 aromatic rings. The molecule has 0 aliphatic carbocycles. The zero-order chi connectivity index (χ0) is 18.4. The zero-order valence-corrected chi connectivity index (χ0v) is 14.0. The fourth-order valence-corrected chi connectivity index (χ4v) is 2.74. The van der Waals surface area contributed by atoms with Crippen LogP contribution in [0.4, 0.5) is 24.5 Å². The van der Waals surface area contributed by atoms with E-state index < -0.39 is 23.6 Å². The van der Waals surface area contributed by atoms with Crippen molar-refractivity contribution in [3.05, 3.63) is 54.1 Å². The van der Waals surface area contributed by atoms with Crippen LogP contribution in [0, 0.1) is 0 Å². The summed E-state index contributed by atoms with van der Waals surface area (Å²) in [5.74, 6) is -1.05. The van der Waals surface area contributed by atoms with Crippen molar-refractivity contribution in [2.24, 2.45) is 0 Å². The van der Waals surface area contributed by atoms with Crippen LogP contribution in [0.2, 0.25) is 0 Å². The number of halogens is 3. The Balaban J connectivity index is 2.11. The lowest BCUT2D eigenvalue weighted by Crippen LogP contribution is -2.18. The van der Waals surface area contributed by atoms with Crippen molar-refractivity contribution in [2.75, 3.05) is 16.4 Å². The SMILES string of the molecule is CC(=O)Nc1ccc(NC(=O)CSc2ccccc2)c(C(F)(F)F)c1. The molecule has 0 unspecified atom stereocenters. The van der Waals surface area contributed by atoms with E-state index in [1.807, 2.05) is 18.2 Å². The van der Waals surface area contributed by atoms with Crippen LogP contribution in [-0.2, 0) is 15.8 Å². The third-order valence-corrected chi connectivity index (χ3v) is 4.04. The smallest absolute Gasteiger partial charge is 0.326 e. The van der Waals surface area contributed by atoms with Gasteiger partial charge in [0, 0.05) is 17.5 Å². The molecule has 4 nitrogen and oxygen atoms in total. The molecule has 0 radical (unpaired) electrons. The monoisotopic (exact) mass is 368 g/mol. The number of benzene rings is 2. The van der Waals surface area contributed by atoms with Gasteiger partial charge in [-0.1, -0.05) is 18.2 Å². The molecule has 0 heterocycles. The number of thioether (sulfide) groups is 1. The Morgan fingerprint density at radius 3 is 2.32 bits per heavy atom. The molecule has 0 aliphatic heterocycles. The van der Waals surface area contributed by atoms with Crippen molar-refractivity contribution >= 4 is 35.0 Å². The third kappa shape index (κ3) is 5.82. The minimum absolute atomic E-state index is 0.0106. The minimum Gasteiger partial charge on any atom is -0.326 e. The van der Waals surface area contributed by atoms with Crippen LogP contribution in [0.15, 0.2) is 53.4 Å². The Bertz CT molecular complexity index is 764. The van der Waals surface area contributed by atoms with E-state index in [1.54, 1.807) is 12.1 Å². The molecule has 0 bridgehead atoms. The maximum absolute atomic E-state index is 13.2. The van der Waals surface area contributed by atoms with Gasteiger partial charge in [-0.15, -0.1) is 11.8 Å². The lowest BCUT2D eigenvalue weighted by molar-refractivity contribution is -0.137. The number of hydrogen-bond donors (Lipinski definition) is 2. The molecule has 132 valence electrons. The number of carbonyl (C=O) groups is 2. The van der Waals surface area contributed by atoms with E-state index in [4.69, 9.17) is 0 Å². The molecule has 0 aromatic heterocycles. The summed E-state index contributed by atoms with van der Waals surface area (Å²) in [4.78, 5) is 23.8. The second-order valence-electron chi connectivity index (χ2n) is 5.09. The average Bonchev–Trinajstić information content (AvgIpc) is 2.54. The quantitative estimate of drug-likeness (QED) is 0.770. The molecule has 0 spiro atoms. The molecular weight excluding hydrogens is 353 g/mol. The van der Waals surface area contributed by atoms with Crippen LogP contribution in [-0.4, -0.2) is 17.6 Å². The largest absolute Gasteiger partial charge is 0.418 e. The molecule has 25 heavy (non-hydrogen) atoms. The van der Waals surface area contributed by atoms with Gasteiger partial charge in [0.25, 0.3) is 0 Å². The van der Waals surface area contributed by atoms with Crippen LogP contribution < -0.4 is 10.6 Å². The fourth-order valence-electron chi connectivity index (χ4n) is 2.02. The van der Waals surface area contributed by atoms with Gasteiger partial charge < -0.3 is 10.6 Å². The van der Waals surface area contributed by atoms with Crippen molar-refractivity contribution < 1.29 is 22.8 Å². The summed E-state index contributed by atoms with van der Waals surface area (Å²) in [6, 6.07) is 12.3. The molecule has 2 aromatic carbocycles. The number of nitrogens with one attached hydrogen (secondary N) is 2. The second kappa shape index (κ2) is 8.06. The van der Waals surface area contributed by atoms with E-state index in [-0.39, 0.29) is 17.1 Å². The van der Waals surface area contributed by atoms with Gasteiger partial charge in [-0.2, -0.15) is 13.2 Å². The lowest BCUT2D eigenvalue weighted by Gasteiger charge is -2.15. The Labute approximate surface area is 146 Å². The summed E-state index contributed by atoms with van der Waals surface area (Å²) >= 11 is 1.22. The Morgan fingerprint density at radius 2 is 1.72 bits per heavy atom. The van der Waals surface area contributed by atoms with Crippen molar-refractivity contribution in [1.82, 2.24) is 0 Å². The maximum Gasteiger partial charge on any atom is 0.418 e. The average molecular weight is 368 g/mol. The van der Waals surface area contributed by atoms with Crippen molar-refractivity contribution in [2.45, 2.75) is 18.0 Å². The fraction of sp³-hybridized carbons (Fsp3) is 0.176. The van der Waals surface area contributed by atoms with Crippen LogP contribution in [0.1, 0.15) is 12.5 Å². The Kier molecular flexibility index (Phi) is 6.08. The molecule has 0 atom stereocenters. The van der Waals surface area contributed by atoms with Gasteiger partial charge in [-0.05, 0) is 30.3 Å². The van der Waals surface area contributed by atoms with Crippen molar-refractivity contribution in [3.8, 4) is 0 Å². The van der Waals surface area contributed by atoms with E-state index in [2.05, 4.69) is 10.6 Å². The summed E-state index contributed by atoms with van der Waals surface area (Å²) in [6.45, 7) is 1.20. The molecule has 0 aliphatic rings. The Morgan fingerprint density at radius 1 is 1.04 bits per heavy atom. The van der Waals surface area contributed by atoms with Gasteiger partial charge in [0.05, 0.1) is 17.0 Å². The molecule has 2 amide bonds. The van der Waals surface area contributed by atoms with Gasteiger partial charge in [0.1, 0.15) is 0 Å². The second-order valence-corrected chi connectivity index (χ2v) is 6.14. The number of rotatable bonds is 5. The van der Waals surface area contributed by atoms with Gasteiger partial charge in [0.2, 0.25) is 11.8 Å². The predicted molar refractivity (Wildman–Crippen MR) is 91.5 cm³/mol. The van der Waals surface area contributed by atoms with Crippen LogP contribution in [0.3, 0.4) is 0 Å². The van der Waals surface area contributed by atoms with E-state index in [9.17, 15) is 22.8 Å². The predicted octanol–water partition coefficient (Wildman–Crippen LogP) is 4.39. The highest BCUT2D eigenvalue weighted by molar-refractivity contribution is 8.00. The van der Waals surface area contributed by atoms with Gasteiger partial charge in [-0.3, -0.25) is 9.59 Å². The summed E-state index contributed by atoms with van der Waals surface area (Å²) in [6.07, 6.45) is -4.66. The molecule has 0 saturated heterocycles. The summed E-state index contributed by atoms with van der Waals surface area (Å²) in [7, 11) is 0. The topological polar surface area (TPSA) is 58.2 Å². The van der Waals surface area contributed by atoms with Crippen molar-refractivity contribution in [1.29, 1.82) is 0 Å². The first kappa shape index (κ1) is 18.9. The van der Waals surface area contributed by atoms with Crippen LogP contribution in [0.5, 0.6) is 0 Å². The molecule has 8 heteroatoms. The first-order valence-electron chi connectivity index (χ1n) is 7.22. The molecule has 2 rings (SSSR count). The highest BCUT2D eigenvalue weighted by atomic mass is 32.2. The van der Waals surface area contributed by atoms with Crippen LogP contribution >= 0.6 is 11.8 Å². The summed E-state index contributed by atoms with van der Waals surface area (Å²) in [5.41, 5.74) is -1.35. The molecule has 2 N–H and O–H groups in total.